The molecule has 5 heteroatoms. The second-order valence-corrected chi connectivity index (χ2v) is 3.28. The molecule has 0 aliphatic heterocycles. The highest BCUT2D eigenvalue weighted by atomic mass is 35.5. The molecule has 0 saturated heterocycles. The highest BCUT2D eigenvalue weighted by Crippen LogP contribution is 2.25. The van der Waals surface area contributed by atoms with Gasteiger partial charge in [0.1, 0.15) is 11.5 Å². The number of hydrogen-bond donors (Lipinski definition) is 4. The van der Waals surface area contributed by atoms with Gasteiger partial charge >= 0.3 is 0 Å². The number of phenolic OH excluding ortho intramolecular Hbond substituents is 2. The zero-order chi connectivity index (χ0) is 10.7. The van der Waals surface area contributed by atoms with E-state index in [9.17, 15) is 15.3 Å². The third kappa shape index (κ3) is 3.58. The van der Waals surface area contributed by atoms with E-state index in [0.717, 1.165) is 0 Å². The number of phenols is 2. The number of aromatic hydroxyl groups is 2. The molecule has 0 amide bonds. The van der Waals surface area contributed by atoms with Crippen molar-refractivity contribution in [1.82, 2.24) is 0 Å². The molecule has 0 saturated carbocycles. The number of halogens is 1. The van der Waals surface area contributed by atoms with Crippen molar-refractivity contribution in [3.63, 3.8) is 0 Å². The Hall–Kier alpha value is -0.970. The maximum absolute atomic E-state index is 9.47. The van der Waals surface area contributed by atoms with E-state index in [0.29, 0.717) is 12.0 Å². The fourth-order valence-corrected chi connectivity index (χ4v) is 1.29. The highest BCUT2D eigenvalue weighted by Gasteiger charge is 2.15. The first-order valence-electron chi connectivity index (χ1n) is 4.51. The zero-order valence-electron chi connectivity index (χ0n) is 8.42. The minimum atomic E-state index is -0.670. The van der Waals surface area contributed by atoms with Crippen LogP contribution in [-0.2, 0) is 0 Å². The van der Waals surface area contributed by atoms with Gasteiger partial charge in [-0.05, 0) is 24.1 Å². The van der Waals surface area contributed by atoms with E-state index in [-0.39, 0.29) is 23.9 Å². The van der Waals surface area contributed by atoms with E-state index in [4.69, 9.17) is 5.73 Å². The molecule has 0 aromatic heterocycles. The molecular weight excluding hydrogens is 218 g/mol. The largest absolute Gasteiger partial charge is 0.508 e. The van der Waals surface area contributed by atoms with Gasteiger partial charge in [-0.1, -0.05) is 6.92 Å². The molecule has 0 spiro atoms. The Morgan fingerprint density at radius 3 is 2.07 bits per heavy atom. The number of aliphatic hydroxyl groups is 1. The molecular formula is C10H16ClNO3. The summed E-state index contributed by atoms with van der Waals surface area (Å²) in [5, 5.41) is 27.9. The normalized spacial score (nSPS) is 14.1. The van der Waals surface area contributed by atoms with Crippen LogP contribution in [0, 0.1) is 0 Å². The summed E-state index contributed by atoms with van der Waals surface area (Å²) in [5.41, 5.74) is 6.24. The highest BCUT2D eigenvalue weighted by molar-refractivity contribution is 5.85. The maximum Gasteiger partial charge on any atom is 0.119 e. The third-order valence-electron chi connectivity index (χ3n) is 2.14. The number of benzene rings is 1. The van der Waals surface area contributed by atoms with Crippen LogP contribution in [0.2, 0.25) is 0 Å². The van der Waals surface area contributed by atoms with Crippen LogP contribution >= 0.6 is 12.4 Å². The Labute approximate surface area is 94.8 Å². The third-order valence-corrected chi connectivity index (χ3v) is 2.14. The molecule has 0 radical (unpaired) electrons. The average Bonchev–Trinajstić information content (AvgIpc) is 2.14. The number of rotatable bonds is 3. The summed E-state index contributed by atoms with van der Waals surface area (Å²) in [6.07, 6.45) is -0.145. The molecule has 0 fully saturated rings. The van der Waals surface area contributed by atoms with Crippen LogP contribution in [0.1, 0.15) is 24.9 Å². The lowest BCUT2D eigenvalue weighted by molar-refractivity contribution is 0.140. The van der Waals surface area contributed by atoms with Gasteiger partial charge in [0, 0.05) is 6.07 Å². The Morgan fingerprint density at radius 2 is 1.67 bits per heavy atom. The lowest BCUT2D eigenvalue weighted by Gasteiger charge is -2.17. The summed E-state index contributed by atoms with van der Waals surface area (Å²) >= 11 is 0. The van der Waals surface area contributed by atoms with Gasteiger partial charge in [0.2, 0.25) is 0 Å². The van der Waals surface area contributed by atoms with Crippen molar-refractivity contribution in [1.29, 1.82) is 0 Å². The monoisotopic (exact) mass is 233 g/mol. The van der Waals surface area contributed by atoms with Crippen LogP contribution in [0.4, 0.5) is 0 Å². The SMILES string of the molecule is CC[C@H](O)[C@H](N)c1cc(O)cc(O)c1.Cl. The molecule has 0 aliphatic carbocycles. The lowest BCUT2D eigenvalue weighted by Crippen LogP contribution is -2.25. The van der Waals surface area contributed by atoms with Crippen LogP contribution < -0.4 is 5.73 Å². The van der Waals surface area contributed by atoms with Gasteiger partial charge in [0.15, 0.2) is 0 Å². The summed E-state index contributed by atoms with van der Waals surface area (Å²) in [7, 11) is 0. The van der Waals surface area contributed by atoms with Crippen LogP contribution in [-0.4, -0.2) is 21.4 Å². The van der Waals surface area contributed by atoms with Gasteiger partial charge in [0.05, 0.1) is 12.1 Å². The topological polar surface area (TPSA) is 86.7 Å². The number of nitrogens with two attached hydrogens (primary N) is 1. The Balaban J connectivity index is 0.00000196. The predicted octanol–water partition coefficient (Wildman–Crippen LogP) is 1.29. The quantitative estimate of drug-likeness (QED) is 0.634. The van der Waals surface area contributed by atoms with Gasteiger partial charge in [-0.15, -0.1) is 12.4 Å². The molecule has 1 aromatic rings. The maximum atomic E-state index is 9.47. The van der Waals surface area contributed by atoms with Crippen molar-refractivity contribution in [3.8, 4) is 11.5 Å². The molecule has 4 nitrogen and oxygen atoms in total. The van der Waals surface area contributed by atoms with Crippen LogP contribution in [0.15, 0.2) is 18.2 Å². The molecule has 0 heterocycles. The summed E-state index contributed by atoms with van der Waals surface area (Å²) in [5.74, 6) is -0.113. The van der Waals surface area contributed by atoms with Crippen molar-refractivity contribution >= 4 is 12.4 Å². The van der Waals surface area contributed by atoms with E-state index in [1.54, 1.807) is 0 Å². The molecule has 0 bridgehead atoms. The van der Waals surface area contributed by atoms with Gasteiger partial charge in [-0.25, -0.2) is 0 Å². The first-order valence-corrected chi connectivity index (χ1v) is 4.51. The Bertz CT molecular complexity index is 299. The number of hydrogen-bond acceptors (Lipinski definition) is 4. The van der Waals surface area contributed by atoms with Crippen molar-refractivity contribution in [3.05, 3.63) is 23.8 Å². The van der Waals surface area contributed by atoms with Crippen molar-refractivity contribution in [2.45, 2.75) is 25.5 Å². The summed E-state index contributed by atoms with van der Waals surface area (Å²) < 4.78 is 0. The Kier molecular flexibility index (Phi) is 5.43. The first kappa shape index (κ1) is 14.0. The smallest absolute Gasteiger partial charge is 0.119 e. The fraction of sp³-hybridized carbons (Fsp3) is 0.400. The van der Waals surface area contributed by atoms with Gasteiger partial charge in [-0.3, -0.25) is 0 Å². The molecule has 2 atom stereocenters. The summed E-state index contributed by atoms with van der Waals surface area (Å²) in [6, 6.07) is 3.50. The zero-order valence-corrected chi connectivity index (χ0v) is 9.24. The second-order valence-electron chi connectivity index (χ2n) is 3.28. The lowest BCUT2D eigenvalue weighted by atomic mass is 10.0. The Morgan fingerprint density at radius 1 is 1.20 bits per heavy atom. The molecule has 0 aliphatic rings. The standard InChI is InChI=1S/C10H15NO3.ClH/c1-2-9(14)10(11)6-3-7(12)5-8(13)4-6;/h3-5,9-10,12-14H,2,11H2,1H3;1H/t9-,10+;/m0./s1. The minimum Gasteiger partial charge on any atom is -0.508 e. The van der Waals surface area contributed by atoms with Gasteiger partial charge in [0.25, 0.3) is 0 Å². The van der Waals surface area contributed by atoms with E-state index in [1.807, 2.05) is 6.92 Å². The first-order chi connectivity index (χ1) is 6.54. The van der Waals surface area contributed by atoms with Crippen molar-refractivity contribution < 1.29 is 15.3 Å². The van der Waals surface area contributed by atoms with Crippen LogP contribution in [0.5, 0.6) is 11.5 Å². The number of aliphatic hydroxyl groups excluding tert-OH is 1. The molecule has 86 valence electrons. The van der Waals surface area contributed by atoms with Crippen LogP contribution in [0.25, 0.3) is 0 Å². The van der Waals surface area contributed by atoms with Gasteiger partial charge < -0.3 is 21.1 Å². The molecule has 0 unspecified atom stereocenters. The van der Waals surface area contributed by atoms with E-state index in [1.165, 1.54) is 18.2 Å². The average molecular weight is 234 g/mol. The molecule has 1 rings (SSSR count). The summed E-state index contributed by atoms with van der Waals surface area (Å²) in [4.78, 5) is 0. The fourth-order valence-electron chi connectivity index (χ4n) is 1.29. The van der Waals surface area contributed by atoms with Crippen LogP contribution in [0.3, 0.4) is 0 Å². The van der Waals surface area contributed by atoms with E-state index in [2.05, 4.69) is 0 Å². The van der Waals surface area contributed by atoms with Crippen molar-refractivity contribution in [2.75, 3.05) is 0 Å². The predicted molar refractivity (Wildman–Crippen MR) is 60.2 cm³/mol. The molecule has 5 N–H and O–H groups in total. The van der Waals surface area contributed by atoms with Gasteiger partial charge in [-0.2, -0.15) is 0 Å². The van der Waals surface area contributed by atoms with E-state index >= 15 is 0 Å². The van der Waals surface area contributed by atoms with E-state index < -0.39 is 12.1 Å². The molecule has 15 heavy (non-hydrogen) atoms. The van der Waals surface area contributed by atoms with Crippen molar-refractivity contribution in [2.24, 2.45) is 5.73 Å². The minimum absolute atomic E-state index is 0. The second kappa shape index (κ2) is 5.80. The molecule has 1 aromatic carbocycles. The summed E-state index contributed by atoms with van der Waals surface area (Å²) in [6.45, 7) is 1.81.